The number of hydrogen-bond acceptors (Lipinski definition) is 5. The van der Waals surface area contributed by atoms with E-state index in [4.69, 9.17) is 21.1 Å². The molecule has 2 aromatic carbocycles. The van der Waals surface area contributed by atoms with Crippen LogP contribution in [0.5, 0.6) is 5.75 Å². The maximum absolute atomic E-state index is 13.5. The summed E-state index contributed by atoms with van der Waals surface area (Å²) in [5.74, 6) is 0.762. The fourth-order valence-electron chi connectivity index (χ4n) is 4.62. The second kappa shape index (κ2) is 9.55. The zero-order chi connectivity index (χ0) is 22.8. The van der Waals surface area contributed by atoms with Gasteiger partial charge in [0.25, 0.3) is 5.91 Å². The average Bonchev–Trinajstić information content (AvgIpc) is 3.38. The highest BCUT2D eigenvalue weighted by Gasteiger charge is 2.42. The Morgan fingerprint density at radius 2 is 1.94 bits per heavy atom. The second-order valence-corrected chi connectivity index (χ2v) is 8.66. The van der Waals surface area contributed by atoms with Gasteiger partial charge in [-0.05, 0) is 36.8 Å². The molecule has 0 radical (unpaired) electrons. The molecule has 0 aliphatic carbocycles. The van der Waals surface area contributed by atoms with Crippen LogP contribution in [0.3, 0.4) is 0 Å². The lowest BCUT2D eigenvalue weighted by Gasteiger charge is -2.31. The van der Waals surface area contributed by atoms with Crippen molar-refractivity contribution in [1.82, 2.24) is 20.0 Å². The Morgan fingerprint density at radius 3 is 2.70 bits per heavy atom. The summed E-state index contributed by atoms with van der Waals surface area (Å²) in [6, 6.07) is 15.3. The van der Waals surface area contributed by atoms with Gasteiger partial charge in [0.15, 0.2) is 0 Å². The summed E-state index contributed by atoms with van der Waals surface area (Å²) in [5.41, 5.74) is 4.15. The van der Waals surface area contributed by atoms with Gasteiger partial charge in [0.2, 0.25) is 0 Å². The highest BCUT2D eigenvalue weighted by Crippen LogP contribution is 2.43. The van der Waals surface area contributed by atoms with E-state index in [0.717, 1.165) is 61.0 Å². The van der Waals surface area contributed by atoms with Crippen LogP contribution < -0.4 is 4.74 Å². The predicted molar refractivity (Wildman–Crippen MR) is 127 cm³/mol. The van der Waals surface area contributed by atoms with E-state index < -0.39 is 0 Å². The molecule has 1 unspecified atom stereocenters. The fourth-order valence-corrected chi connectivity index (χ4v) is 4.74. The number of carbonyl (C=O) groups is 1. The molecule has 1 N–H and O–H groups in total. The first-order valence-electron chi connectivity index (χ1n) is 11.3. The van der Waals surface area contributed by atoms with Gasteiger partial charge in [0, 0.05) is 42.3 Å². The first-order chi connectivity index (χ1) is 16.2. The van der Waals surface area contributed by atoms with Crippen molar-refractivity contribution in [3.8, 4) is 17.0 Å². The van der Waals surface area contributed by atoms with E-state index in [0.29, 0.717) is 23.9 Å². The number of benzene rings is 2. The van der Waals surface area contributed by atoms with Crippen LogP contribution >= 0.6 is 11.6 Å². The summed E-state index contributed by atoms with van der Waals surface area (Å²) in [5, 5.41) is 8.21. The number of nitrogens with zero attached hydrogens (tertiary/aromatic N) is 3. The number of hydrogen-bond donors (Lipinski definition) is 1. The molecular weight excluding hydrogens is 440 g/mol. The smallest absolute Gasteiger partial charge is 0.273 e. The molecule has 2 aliphatic rings. The van der Waals surface area contributed by atoms with Crippen LogP contribution in [0, 0.1) is 0 Å². The second-order valence-electron chi connectivity index (χ2n) is 8.23. The Hall–Kier alpha value is -2.87. The Bertz CT molecular complexity index is 1120. The summed E-state index contributed by atoms with van der Waals surface area (Å²) in [6.45, 7) is 7.20. The largest absolute Gasteiger partial charge is 0.494 e. The summed E-state index contributed by atoms with van der Waals surface area (Å²) in [4.78, 5) is 17.8. The lowest BCUT2D eigenvalue weighted by Crippen LogP contribution is -2.42. The van der Waals surface area contributed by atoms with E-state index >= 15 is 0 Å². The minimum absolute atomic E-state index is 0.0298. The van der Waals surface area contributed by atoms with E-state index in [1.54, 1.807) is 0 Å². The third-order valence-electron chi connectivity index (χ3n) is 6.23. The van der Waals surface area contributed by atoms with Gasteiger partial charge in [-0.15, -0.1) is 0 Å². The minimum Gasteiger partial charge on any atom is -0.494 e. The van der Waals surface area contributed by atoms with Crippen LogP contribution in [-0.4, -0.2) is 71.9 Å². The van der Waals surface area contributed by atoms with E-state index in [9.17, 15) is 4.79 Å². The van der Waals surface area contributed by atoms with E-state index in [1.807, 2.05) is 54.3 Å². The summed E-state index contributed by atoms with van der Waals surface area (Å²) in [7, 11) is 0. The molecule has 3 heterocycles. The van der Waals surface area contributed by atoms with Crippen LogP contribution in [-0.2, 0) is 4.74 Å². The topological polar surface area (TPSA) is 70.7 Å². The molecule has 2 aliphatic heterocycles. The molecule has 1 atom stereocenters. The van der Waals surface area contributed by atoms with Crippen molar-refractivity contribution in [3.05, 3.63) is 70.4 Å². The van der Waals surface area contributed by atoms with Crippen molar-refractivity contribution < 1.29 is 14.3 Å². The van der Waals surface area contributed by atoms with Gasteiger partial charge in [-0.3, -0.25) is 14.8 Å². The zero-order valence-electron chi connectivity index (χ0n) is 18.6. The number of ether oxygens (including phenoxy) is 2. The molecular formula is C25H27ClN4O3. The highest BCUT2D eigenvalue weighted by atomic mass is 35.5. The molecule has 7 nitrogen and oxygen atoms in total. The number of morpholine rings is 1. The third kappa shape index (κ3) is 4.36. The van der Waals surface area contributed by atoms with E-state index in [2.05, 4.69) is 21.2 Å². The number of H-pyrrole nitrogens is 1. The standard InChI is InChI=1S/C25H27ClN4O3/c1-2-33-20-5-3-4-18(16-20)24-21-22(17-6-8-19(26)9-7-17)27-28-23(21)25(31)30(24)11-10-29-12-14-32-15-13-29/h3-9,16,24H,2,10-15H2,1H3,(H,27,28). The molecule has 1 amide bonds. The van der Waals surface area contributed by atoms with Crippen LogP contribution in [0.1, 0.15) is 34.6 Å². The first-order valence-corrected chi connectivity index (χ1v) is 11.7. The quantitative estimate of drug-likeness (QED) is 0.569. The summed E-state index contributed by atoms with van der Waals surface area (Å²) < 4.78 is 11.2. The van der Waals surface area contributed by atoms with Crippen molar-refractivity contribution in [1.29, 1.82) is 0 Å². The Morgan fingerprint density at radius 1 is 1.15 bits per heavy atom. The molecule has 0 saturated carbocycles. The highest BCUT2D eigenvalue weighted by molar-refractivity contribution is 6.30. The molecule has 3 aromatic rings. The molecule has 5 rings (SSSR count). The van der Waals surface area contributed by atoms with E-state index in [1.165, 1.54) is 0 Å². The third-order valence-corrected chi connectivity index (χ3v) is 6.48. The van der Waals surface area contributed by atoms with Crippen LogP contribution in [0.15, 0.2) is 48.5 Å². The van der Waals surface area contributed by atoms with Crippen molar-refractivity contribution in [2.45, 2.75) is 13.0 Å². The number of rotatable bonds is 7. The number of aromatic amines is 1. The number of halogens is 1. The molecule has 1 saturated heterocycles. The normalized spacial score (nSPS) is 18.5. The van der Waals surface area contributed by atoms with Crippen molar-refractivity contribution in [3.63, 3.8) is 0 Å². The van der Waals surface area contributed by atoms with Crippen LogP contribution in [0.25, 0.3) is 11.3 Å². The summed E-state index contributed by atoms with van der Waals surface area (Å²) >= 11 is 6.11. The predicted octanol–water partition coefficient (Wildman–Crippen LogP) is 4.01. The van der Waals surface area contributed by atoms with Gasteiger partial charge in [-0.25, -0.2) is 0 Å². The summed E-state index contributed by atoms with van der Waals surface area (Å²) in [6.07, 6.45) is 0. The Labute approximate surface area is 198 Å². The molecule has 0 spiro atoms. The number of amides is 1. The maximum Gasteiger partial charge on any atom is 0.273 e. The van der Waals surface area contributed by atoms with Crippen molar-refractivity contribution in [2.24, 2.45) is 0 Å². The number of fused-ring (bicyclic) bond motifs is 1. The molecule has 8 heteroatoms. The zero-order valence-corrected chi connectivity index (χ0v) is 19.3. The maximum atomic E-state index is 13.5. The molecule has 172 valence electrons. The Kier molecular flexibility index (Phi) is 6.35. The molecule has 33 heavy (non-hydrogen) atoms. The van der Waals surface area contributed by atoms with Gasteiger partial charge in [0.05, 0.1) is 31.6 Å². The van der Waals surface area contributed by atoms with Crippen LogP contribution in [0.2, 0.25) is 5.02 Å². The number of aromatic nitrogens is 2. The lowest BCUT2D eigenvalue weighted by atomic mass is 9.96. The average molecular weight is 467 g/mol. The lowest BCUT2D eigenvalue weighted by molar-refractivity contribution is 0.0316. The first kappa shape index (κ1) is 21.9. The van der Waals surface area contributed by atoms with Crippen LogP contribution in [0.4, 0.5) is 0 Å². The minimum atomic E-state index is -0.252. The van der Waals surface area contributed by atoms with Gasteiger partial charge in [-0.1, -0.05) is 35.9 Å². The van der Waals surface area contributed by atoms with Gasteiger partial charge >= 0.3 is 0 Å². The van der Waals surface area contributed by atoms with E-state index in [-0.39, 0.29) is 11.9 Å². The Balaban J connectivity index is 1.53. The monoisotopic (exact) mass is 466 g/mol. The van der Waals surface area contributed by atoms with Crippen molar-refractivity contribution >= 4 is 17.5 Å². The number of nitrogens with one attached hydrogen (secondary N) is 1. The van der Waals surface area contributed by atoms with Crippen molar-refractivity contribution in [2.75, 3.05) is 46.0 Å². The molecule has 1 fully saturated rings. The SMILES string of the molecule is CCOc1cccc(C2c3c(-c4ccc(Cl)cc4)n[nH]c3C(=O)N2CCN2CCOCC2)c1. The molecule has 0 bridgehead atoms. The van der Waals surface area contributed by atoms with Gasteiger partial charge in [-0.2, -0.15) is 5.10 Å². The van der Waals surface area contributed by atoms with Gasteiger partial charge in [0.1, 0.15) is 11.4 Å². The molecule has 1 aromatic heterocycles. The fraction of sp³-hybridized carbons (Fsp3) is 0.360. The van der Waals surface area contributed by atoms with Gasteiger partial charge < -0.3 is 14.4 Å². The number of carbonyl (C=O) groups excluding carboxylic acids is 1.